The molecule has 3 atom stereocenters. The van der Waals surface area contributed by atoms with Crippen LogP contribution in [0.25, 0.3) is 0 Å². The molecule has 2 aliphatic rings. The van der Waals surface area contributed by atoms with Crippen molar-refractivity contribution in [3.05, 3.63) is 23.3 Å². The highest BCUT2D eigenvalue weighted by Crippen LogP contribution is 2.55. The average Bonchev–Trinajstić information content (AvgIpc) is 2.63. The number of ether oxygens (including phenoxy) is 1. The average molecular weight is 452 g/mol. The zero-order valence-electron chi connectivity index (χ0n) is 20.9. The van der Waals surface area contributed by atoms with Gasteiger partial charge in [-0.25, -0.2) is 0 Å². The molecule has 0 saturated heterocycles. The number of phenols is 1. The summed E-state index contributed by atoms with van der Waals surface area (Å²) < 4.78 is 6.58. The van der Waals surface area contributed by atoms with Crippen LogP contribution in [0.2, 0.25) is 0 Å². The molecule has 1 fully saturated rings. The first-order valence-corrected chi connectivity index (χ1v) is 12.4. The molecule has 2 N–H and O–H groups in total. The molecule has 0 aromatic heterocycles. The fraction of sp³-hybridized carbons (Fsp3) is 0.778. The molecular weight excluding hydrogens is 406 g/mol. The van der Waals surface area contributed by atoms with Crippen molar-refractivity contribution in [3.63, 3.8) is 0 Å². The predicted octanol–water partition coefficient (Wildman–Crippen LogP) is 7.48. The monoisotopic (exact) mass is 451 g/mol. The normalized spacial score (nSPS) is 24.7. The molecule has 1 aromatic carbocycles. The summed E-state index contributed by atoms with van der Waals surface area (Å²) in [5.41, 5.74) is 2.10. The van der Waals surface area contributed by atoms with Gasteiger partial charge in [-0.1, -0.05) is 60.3 Å². The van der Waals surface area contributed by atoms with Crippen molar-refractivity contribution in [2.45, 2.75) is 129 Å². The Hall–Kier alpha value is -0.930. The highest BCUT2D eigenvalue weighted by atomic mass is 35.5. The number of nitrogens with one attached hydrogen (secondary N) is 1. The lowest BCUT2D eigenvalue weighted by Gasteiger charge is -2.49. The van der Waals surface area contributed by atoms with E-state index in [4.69, 9.17) is 4.74 Å². The summed E-state index contributed by atoms with van der Waals surface area (Å²) in [5.74, 6) is 2.17. The molecule has 178 valence electrons. The van der Waals surface area contributed by atoms with Gasteiger partial charge in [-0.15, -0.1) is 12.4 Å². The summed E-state index contributed by atoms with van der Waals surface area (Å²) in [4.78, 5) is 0. The summed E-state index contributed by atoms with van der Waals surface area (Å²) in [6, 6.07) is 5.29. The molecule has 0 amide bonds. The second kappa shape index (κ2) is 10.3. The number of phenolic OH excluding ortho intramolecular Hbond substituents is 1. The Bertz CT molecular complexity index is 728. The maximum Gasteiger partial charge on any atom is 0.127 e. The Labute approximate surface area is 197 Å². The lowest BCUT2D eigenvalue weighted by Crippen LogP contribution is -2.50. The molecule has 3 nitrogen and oxygen atoms in total. The van der Waals surface area contributed by atoms with Gasteiger partial charge in [-0.3, -0.25) is 0 Å². The Kier molecular flexibility index (Phi) is 8.78. The van der Waals surface area contributed by atoms with E-state index in [9.17, 15) is 5.11 Å². The number of hydrogen-bond acceptors (Lipinski definition) is 3. The van der Waals surface area contributed by atoms with Crippen LogP contribution >= 0.6 is 12.4 Å². The van der Waals surface area contributed by atoms with Gasteiger partial charge in [0.15, 0.2) is 0 Å². The predicted molar refractivity (Wildman–Crippen MR) is 134 cm³/mol. The quantitative estimate of drug-likeness (QED) is 0.402. The van der Waals surface area contributed by atoms with Crippen molar-refractivity contribution in [2.24, 2.45) is 5.92 Å². The van der Waals surface area contributed by atoms with Crippen LogP contribution < -0.4 is 10.1 Å². The molecule has 31 heavy (non-hydrogen) atoms. The van der Waals surface area contributed by atoms with Crippen LogP contribution in [0.1, 0.15) is 117 Å². The van der Waals surface area contributed by atoms with E-state index in [-0.39, 0.29) is 23.4 Å². The maximum atomic E-state index is 11.2. The van der Waals surface area contributed by atoms with E-state index in [0.29, 0.717) is 29.7 Å². The largest absolute Gasteiger partial charge is 0.508 e. The highest BCUT2D eigenvalue weighted by molar-refractivity contribution is 5.85. The van der Waals surface area contributed by atoms with Crippen LogP contribution in [0.4, 0.5) is 0 Å². The van der Waals surface area contributed by atoms with Crippen molar-refractivity contribution < 1.29 is 9.84 Å². The fourth-order valence-corrected chi connectivity index (χ4v) is 5.90. The summed E-state index contributed by atoms with van der Waals surface area (Å²) in [7, 11) is 0. The third-order valence-electron chi connectivity index (χ3n) is 7.61. The summed E-state index contributed by atoms with van der Waals surface area (Å²) in [6.07, 6.45) is 9.63. The van der Waals surface area contributed by atoms with E-state index in [1.807, 2.05) is 6.07 Å². The van der Waals surface area contributed by atoms with Crippen LogP contribution in [0.15, 0.2) is 12.1 Å². The number of unbranched alkanes of at least 4 members (excludes halogenated alkanes) is 3. The van der Waals surface area contributed by atoms with Gasteiger partial charge in [-0.2, -0.15) is 0 Å². The Balaban J connectivity index is 0.00000341. The highest BCUT2D eigenvalue weighted by Gasteiger charge is 2.48. The van der Waals surface area contributed by atoms with E-state index in [2.05, 4.69) is 59.8 Å². The molecule has 1 saturated carbocycles. The minimum atomic E-state index is -0.198. The molecule has 0 spiro atoms. The molecule has 1 aromatic rings. The lowest BCUT2D eigenvalue weighted by molar-refractivity contribution is -0.0126. The molecule has 1 heterocycles. The zero-order chi connectivity index (χ0) is 22.1. The molecule has 3 rings (SSSR count). The number of halogens is 1. The van der Waals surface area contributed by atoms with E-state index >= 15 is 0 Å². The van der Waals surface area contributed by atoms with Gasteiger partial charge >= 0.3 is 0 Å². The van der Waals surface area contributed by atoms with Crippen LogP contribution in [-0.2, 0) is 5.41 Å². The van der Waals surface area contributed by atoms with E-state index < -0.39 is 0 Å². The molecule has 4 heteroatoms. The van der Waals surface area contributed by atoms with Gasteiger partial charge in [0.1, 0.15) is 17.1 Å². The molecular formula is C27H46ClNO2. The van der Waals surface area contributed by atoms with Crippen molar-refractivity contribution in [3.8, 4) is 11.5 Å². The molecule has 0 radical (unpaired) electrons. The minimum absolute atomic E-state index is 0. The molecule has 0 bridgehead atoms. The summed E-state index contributed by atoms with van der Waals surface area (Å²) in [5, 5.41) is 14.9. The first kappa shape index (κ1) is 26.3. The Morgan fingerprint density at radius 2 is 1.87 bits per heavy atom. The first-order chi connectivity index (χ1) is 14.0. The third kappa shape index (κ3) is 5.90. The number of fused-ring (bicyclic) bond motifs is 3. The van der Waals surface area contributed by atoms with Crippen LogP contribution in [0.3, 0.4) is 0 Å². The van der Waals surface area contributed by atoms with Crippen LogP contribution in [0, 0.1) is 5.92 Å². The van der Waals surface area contributed by atoms with Crippen molar-refractivity contribution in [1.29, 1.82) is 0 Å². The van der Waals surface area contributed by atoms with Crippen molar-refractivity contribution in [2.75, 3.05) is 0 Å². The van der Waals surface area contributed by atoms with Crippen molar-refractivity contribution >= 4 is 12.4 Å². The zero-order valence-corrected chi connectivity index (χ0v) is 21.7. The maximum absolute atomic E-state index is 11.2. The summed E-state index contributed by atoms with van der Waals surface area (Å²) in [6.45, 7) is 15.8. The van der Waals surface area contributed by atoms with E-state index in [1.54, 1.807) is 0 Å². The van der Waals surface area contributed by atoms with Gasteiger partial charge in [0, 0.05) is 23.6 Å². The first-order valence-electron chi connectivity index (χ1n) is 12.4. The topological polar surface area (TPSA) is 41.5 Å². The second-order valence-corrected chi connectivity index (χ2v) is 11.4. The van der Waals surface area contributed by atoms with E-state index in [0.717, 1.165) is 30.6 Å². The fourth-order valence-electron chi connectivity index (χ4n) is 5.90. The van der Waals surface area contributed by atoms with Gasteiger partial charge < -0.3 is 15.2 Å². The number of benzene rings is 1. The SMILES string of the molecule is CCCCCCC(C)(C)c1cc(O)c2c(c1)OC(C)(C)C1CCC(NC(C)C)CC21.Cl. The smallest absolute Gasteiger partial charge is 0.127 e. The number of hydrogen-bond donors (Lipinski definition) is 2. The van der Waals surface area contributed by atoms with Crippen molar-refractivity contribution in [1.82, 2.24) is 5.32 Å². The number of aromatic hydroxyl groups is 1. The summed E-state index contributed by atoms with van der Waals surface area (Å²) >= 11 is 0. The third-order valence-corrected chi connectivity index (χ3v) is 7.61. The minimum Gasteiger partial charge on any atom is -0.508 e. The van der Waals surface area contributed by atoms with Gasteiger partial charge in [-0.05, 0) is 68.6 Å². The standard InChI is InChI=1S/C27H45NO2.ClH/c1-8-9-10-11-14-26(4,5)19-15-23(29)25-21-17-20(28-18(2)3)12-13-22(21)27(6,7)30-24(25)16-19;/h15-16,18,20-22,28-29H,8-14,17H2,1-7H3;1H. The van der Waals surface area contributed by atoms with E-state index in [1.165, 1.54) is 37.7 Å². The molecule has 1 aliphatic heterocycles. The second-order valence-electron chi connectivity index (χ2n) is 11.4. The van der Waals surface area contributed by atoms with Crippen LogP contribution in [-0.4, -0.2) is 22.8 Å². The number of rotatable bonds is 8. The van der Waals surface area contributed by atoms with Gasteiger partial charge in [0.25, 0.3) is 0 Å². The Morgan fingerprint density at radius 1 is 1.16 bits per heavy atom. The molecule has 3 unspecified atom stereocenters. The molecule has 1 aliphatic carbocycles. The Morgan fingerprint density at radius 3 is 2.52 bits per heavy atom. The van der Waals surface area contributed by atoms with Crippen LogP contribution in [0.5, 0.6) is 11.5 Å². The van der Waals surface area contributed by atoms with Gasteiger partial charge in [0.05, 0.1) is 0 Å². The van der Waals surface area contributed by atoms with Gasteiger partial charge in [0.2, 0.25) is 0 Å². The lowest BCUT2D eigenvalue weighted by atomic mass is 9.65.